The number of nitrogens with one attached hydrogen (secondary N) is 1. The summed E-state index contributed by atoms with van der Waals surface area (Å²) >= 11 is 10.4. The van der Waals surface area contributed by atoms with E-state index in [9.17, 15) is 18.4 Å². The van der Waals surface area contributed by atoms with Crippen LogP contribution in [0, 0.1) is 0 Å². The van der Waals surface area contributed by atoms with Gasteiger partial charge in [-0.25, -0.2) is 8.78 Å². The van der Waals surface area contributed by atoms with E-state index in [1.807, 2.05) is 4.98 Å². The highest BCUT2D eigenvalue weighted by Gasteiger charge is 2.17. The summed E-state index contributed by atoms with van der Waals surface area (Å²) in [5.41, 5.74) is -2.11. The molecule has 0 unspecified atom stereocenters. The van der Waals surface area contributed by atoms with Crippen molar-refractivity contribution in [2.75, 3.05) is 0 Å². The molecular formula is C7H3Cl2F2NO2. The third kappa shape index (κ3) is 2.10. The van der Waals surface area contributed by atoms with Gasteiger partial charge in [0.1, 0.15) is 10.7 Å². The Morgan fingerprint density at radius 2 is 2.07 bits per heavy atom. The molecule has 0 fully saturated rings. The van der Waals surface area contributed by atoms with Crippen molar-refractivity contribution in [1.82, 2.24) is 4.98 Å². The molecular weight excluding hydrogens is 239 g/mol. The minimum Gasteiger partial charge on any atom is -0.344 e. The summed E-state index contributed by atoms with van der Waals surface area (Å²) in [6.45, 7) is 0. The number of hydrogen-bond acceptors (Lipinski definition) is 2. The van der Waals surface area contributed by atoms with E-state index in [0.717, 1.165) is 0 Å². The van der Waals surface area contributed by atoms with E-state index >= 15 is 0 Å². The highest BCUT2D eigenvalue weighted by molar-refractivity contribution is 6.68. The summed E-state index contributed by atoms with van der Waals surface area (Å²) in [4.78, 5) is 23.7. The topological polar surface area (TPSA) is 49.9 Å². The number of pyridine rings is 1. The summed E-state index contributed by atoms with van der Waals surface area (Å²) in [5.74, 6) is 0. The Labute approximate surface area is 86.6 Å². The first-order valence-corrected chi connectivity index (χ1v) is 4.09. The fourth-order valence-electron chi connectivity index (χ4n) is 0.848. The number of carbonyl (C=O) groups excluding carboxylic acids is 1. The maximum Gasteiger partial charge on any atom is 0.278 e. The molecule has 0 aliphatic rings. The average Bonchev–Trinajstić information content (AvgIpc) is 2.01. The molecule has 1 rings (SSSR count). The van der Waals surface area contributed by atoms with Crippen LogP contribution in [0.25, 0.3) is 0 Å². The van der Waals surface area contributed by atoms with Crippen molar-refractivity contribution in [2.45, 2.75) is 6.43 Å². The lowest BCUT2D eigenvalue weighted by molar-refractivity contribution is 0.107. The van der Waals surface area contributed by atoms with Gasteiger partial charge in [0.2, 0.25) is 0 Å². The monoisotopic (exact) mass is 241 g/mol. The van der Waals surface area contributed by atoms with E-state index in [4.69, 9.17) is 23.2 Å². The van der Waals surface area contributed by atoms with Crippen LogP contribution < -0.4 is 5.43 Å². The first kappa shape index (κ1) is 11.1. The lowest BCUT2D eigenvalue weighted by atomic mass is 10.2. The molecule has 0 aromatic carbocycles. The van der Waals surface area contributed by atoms with Crippen LogP contribution in [-0.4, -0.2) is 10.2 Å². The summed E-state index contributed by atoms with van der Waals surface area (Å²) < 4.78 is 24.2. The highest BCUT2D eigenvalue weighted by Crippen LogP contribution is 2.19. The minimum atomic E-state index is -2.86. The van der Waals surface area contributed by atoms with E-state index < -0.39 is 33.5 Å². The predicted octanol–water partition coefficient (Wildman–Crippen LogP) is 2.34. The molecule has 0 saturated heterocycles. The highest BCUT2D eigenvalue weighted by atomic mass is 35.5. The van der Waals surface area contributed by atoms with Gasteiger partial charge in [0.15, 0.2) is 5.43 Å². The van der Waals surface area contributed by atoms with Crippen molar-refractivity contribution in [3.05, 3.63) is 32.7 Å². The third-order valence-electron chi connectivity index (χ3n) is 1.44. The zero-order valence-electron chi connectivity index (χ0n) is 6.48. The quantitative estimate of drug-likeness (QED) is 0.639. The largest absolute Gasteiger partial charge is 0.344 e. The Hall–Kier alpha value is -0.940. The second-order valence-corrected chi connectivity index (χ2v) is 3.07. The maximum absolute atomic E-state index is 12.1. The van der Waals surface area contributed by atoms with Crippen LogP contribution in [-0.2, 0) is 0 Å². The standard InChI is InChI=1S/C7H3Cl2F2NO2/c8-5-4(6(9)14)3(13)1-2(12-5)7(10)11/h1,7H,(H,12,13). The number of H-pyrrole nitrogens is 1. The Morgan fingerprint density at radius 3 is 2.43 bits per heavy atom. The smallest absolute Gasteiger partial charge is 0.278 e. The first-order valence-electron chi connectivity index (χ1n) is 3.34. The Balaban J connectivity index is 3.40. The van der Waals surface area contributed by atoms with Crippen LogP contribution in [0.5, 0.6) is 0 Å². The molecule has 0 aliphatic carbocycles. The molecule has 0 atom stereocenters. The van der Waals surface area contributed by atoms with Crippen molar-refractivity contribution < 1.29 is 13.6 Å². The fraction of sp³-hybridized carbons (Fsp3) is 0.143. The van der Waals surface area contributed by atoms with E-state index in [1.54, 1.807) is 0 Å². The van der Waals surface area contributed by atoms with Crippen LogP contribution in [0.1, 0.15) is 22.5 Å². The molecule has 1 heterocycles. The van der Waals surface area contributed by atoms with Gasteiger partial charge < -0.3 is 4.98 Å². The predicted molar refractivity (Wildman–Crippen MR) is 47.2 cm³/mol. The molecule has 0 amide bonds. The van der Waals surface area contributed by atoms with Crippen molar-refractivity contribution in [3.63, 3.8) is 0 Å². The summed E-state index contributed by atoms with van der Waals surface area (Å²) in [6, 6.07) is 0.589. The van der Waals surface area contributed by atoms with Crippen molar-refractivity contribution in [2.24, 2.45) is 0 Å². The van der Waals surface area contributed by atoms with Gasteiger partial charge in [-0.2, -0.15) is 0 Å². The normalized spacial score (nSPS) is 10.6. The van der Waals surface area contributed by atoms with E-state index in [0.29, 0.717) is 6.07 Å². The molecule has 0 saturated carbocycles. The number of rotatable bonds is 2. The van der Waals surface area contributed by atoms with Crippen molar-refractivity contribution >= 4 is 28.4 Å². The molecule has 76 valence electrons. The zero-order chi connectivity index (χ0) is 10.9. The molecule has 0 radical (unpaired) electrons. The fourth-order valence-corrected chi connectivity index (χ4v) is 1.37. The second-order valence-electron chi connectivity index (χ2n) is 2.35. The number of halogens is 4. The van der Waals surface area contributed by atoms with E-state index in [2.05, 4.69) is 0 Å². The van der Waals surface area contributed by atoms with Gasteiger partial charge in [-0.15, -0.1) is 0 Å². The van der Waals surface area contributed by atoms with Gasteiger partial charge >= 0.3 is 0 Å². The minimum absolute atomic E-state index is 0.479. The van der Waals surface area contributed by atoms with Gasteiger partial charge in [-0.3, -0.25) is 9.59 Å². The van der Waals surface area contributed by atoms with Crippen LogP contribution in [0.4, 0.5) is 8.78 Å². The number of aromatic nitrogens is 1. The average molecular weight is 242 g/mol. The number of alkyl halides is 2. The first-order chi connectivity index (χ1) is 6.43. The number of aromatic amines is 1. The molecule has 0 bridgehead atoms. The van der Waals surface area contributed by atoms with E-state index in [1.165, 1.54) is 0 Å². The van der Waals surface area contributed by atoms with Gasteiger partial charge in [-0.1, -0.05) is 11.6 Å². The summed E-state index contributed by atoms with van der Waals surface area (Å²) in [7, 11) is 0. The molecule has 14 heavy (non-hydrogen) atoms. The molecule has 3 nitrogen and oxygen atoms in total. The van der Waals surface area contributed by atoms with Crippen molar-refractivity contribution in [1.29, 1.82) is 0 Å². The molecule has 0 aliphatic heterocycles. The summed E-state index contributed by atoms with van der Waals surface area (Å²) in [5, 5.41) is -1.56. The van der Waals surface area contributed by atoms with Gasteiger partial charge in [-0.05, 0) is 11.6 Å². The van der Waals surface area contributed by atoms with Crippen LogP contribution in [0.3, 0.4) is 0 Å². The molecule has 1 aromatic heterocycles. The van der Waals surface area contributed by atoms with Gasteiger partial charge in [0.25, 0.3) is 11.7 Å². The zero-order valence-corrected chi connectivity index (χ0v) is 7.99. The van der Waals surface area contributed by atoms with Gasteiger partial charge in [0, 0.05) is 6.07 Å². The SMILES string of the molecule is O=C(Cl)c1c(Cl)[nH]c(C(F)F)cc1=O. The van der Waals surface area contributed by atoms with Crippen LogP contribution in [0.15, 0.2) is 10.9 Å². The molecule has 0 spiro atoms. The molecule has 1 aromatic rings. The lowest BCUT2D eigenvalue weighted by Crippen LogP contribution is -2.14. The van der Waals surface area contributed by atoms with E-state index in [-0.39, 0.29) is 0 Å². The van der Waals surface area contributed by atoms with Crippen LogP contribution in [0.2, 0.25) is 5.15 Å². The molecule has 1 N–H and O–H groups in total. The maximum atomic E-state index is 12.1. The number of hydrogen-bond donors (Lipinski definition) is 1. The summed E-state index contributed by atoms with van der Waals surface area (Å²) in [6.07, 6.45) is -2.86. The lowest BCUT2D eigenvalue weighted by Gasteiger charge is -2.02. The second kappa shape index (κ2) is 4.06. The number of carbonyl (C=O) groups is 1. The third-order valence-corrected chi connectivity index (χ3v) is 1.91. The van der Waals surface area contributed by atoms with Crippen LogP contribution >= 0.6 is 23.2 Å². The Kier molecular flexibility index (Phi) is 3.23. The van der Waals surface area contributed by atoms with Crippen molar-refractivity contribution in [3.8, 4) is 0 Å². The Morgan fingerprint density at radius 1 is 1.50 bits per heavy atom. The van der Waals surface area contributed by atoms with Gasteiger partial charge in [0.05, 0.1) is 5.69 Å². The Bertz CT molecular complexity index is 430. The molecule has 7 heteroatoms.